The van der Waals surface area contributed by atoms with E-state index in [0.717, 1.165) is 45.1 Å². The van der Waals surface area contributed by atoms with Gasteiger partial charge in [0.2, 0.25) is 11.8 Å². The van der Waals surface area contributed by atoms with E-state index in [0.29, 0.717) is 29.8 Å². The molecule has 5 aliphatic rings. The molecule has 9 rings (SSSR count). The Morgan fingerprint density at radius 1 is 0.979 bits per heavy atom. The number of phenolic OH excluding ortho intramolecular Hbond substituents is 1. The number of alkyl halides is 1. The number of phenols is 1. The molecule has 0 bridgehead atoms. The van der Waals surface area contributed by atoms with E-state index < -0.39 is 18.7 Å². The molecule has 0 saturated heterocycles. The van der Waals surface area contributed by atoms with Crippen LogP contribution >= 0.6 is 19.4 Å². The first-order valence-electron chi connectivity index (χ1n) is 16.6. The SMILES string of the molecule is Cc1c[nH]c2c(O)cc3c(c12)CCN3C(=O)C1(C)C2C(C)C3(C(=O)N4C[C@@H](CCl)c5c4cc(OP(=O)(O)O)c4[nH]cc(C)c54)C(C)C1C23. The Morgan fingerprint density at radius 2 is 1.62 bits per heavy atom. The van der Waals surface area contributed by atoms with Crippen LogP contribution in [0.15, 0.2) is 24.5 Å². The van der Waals surface area contributed by atoms with Gasteiger partial charge in [-0.15, -0.1) is 11.6 Å². The third kappa shape index (κ3) is 3.32. The predicted octanol–water partition coefficient (Wildman–Crippen LogP) is 5.86. The minimum absolute atomic E-state index is 0.0133. The predicted molar refractivity (Wildman–Crippen MR) is 182 cm³/mol. The largest absolute Gasteiger partial charge is 0.524 e. The first-order chi connectivity index (χ1) is 22.7. The van der Waals surface area contributed by atoms with E-state index in [1.165, 1.54) is 0 Å². The number of aromatic amines is 2. The number of phosphoric acid groups is 1. The average Bonchev–Trinajstić information content (AvgIpc) is 3.79. The summed E-state index contributed by atoms with van der Waals surface area (Å²) in [7, 11) is -4.89. The van der Waals surface area contributed by atoms with Crippen LogP contribution in [0.5, 0.6) is 11.5 Å². The van der Waals surface area contributed by atoms with Crippen LogP contribution in [0.2, 0.25) is 0 Å². The number of carbonyl (C=O) groups is 2. The lowest BCUT2D eigenvalue weighted by Crippen LogP contribution is -2.91. The second kappa shape index (κ2) is 9.38. The highest BCUT2D eigenvalue weighted by Gasteiger charge is 2.91. The number of anilines is 2. The van der Waals surface area contributed by atoms with Gasteiger partial charge in [0, 0.05) is 60.2 Å². The topological polar surface area (TPSA) is 159 Å². The molecule has 3 saturated carbocycles. The molecule has 4 unspecified atom stereocenters. The quantitative estimate of drug-likeness (QED) is 0.130. The molecule has 2 aromatic heterocycles. The Kier molecular flexibility index (Phi) is 5.97. The van der Waals surface area contributed by atoms with Crippen molar-refractivity contribution in [2.75, 3.05) is 28.8 Å². The molecular weight excluding hydrogens is 655 g/mol. The summed E-state index contributed by atoms with van der Waals surface area (Å²) in [5.74, 6) is 0.305. The van der Waals surface area contributed by atoms with Crippen molar-refractivity contribution in [3.05, 3.63) is 46.8 Å². The molecule has 3 aliphatic carbocycles. The fourth-order valence-electron chi connectivity index (χ4n) is 11.7. The van der Waals surface area contributed by atoms with Crippen LogP contribution in [0, 0.1) is 54.3 Å². The lowest BCUT2D eigenvalue weighted by Gasteiger charge is -2.87. The van der Waals surface area contributed by atoms with Gasteiger partial charge in [-0.1, -0.05) is 20.8 Å². The molecule has 13 heteroatoms. The van der Waals surface area contributed by atoms with Crippen LogP contribution in [-0.2, 0) is 20.6 Å². The minimum atomic E-state index is -4.89. The second-order valence-electron chi connectivity index (χ2n) is 15.1. The highest BCUT2D eigenvalue weighted by Crippen LogP contribution is 2.88. The number of nitrogens with one attached hydrogen (secondary N) is 2. The summed E-state index contributed by atoms with van der Waals surface area (Å²) < 4.78 is 17.1. The monoisotopic (exact) mass is 692 g/mol. The van der Waals surface area contributed by atoms with Gasteiger partial charge in [-0.3, -0.25) is 19.4 Å². The van der Waals surface area contributed by atoms with Crippen molar-refractivity contribution in [1.82, 2.24) is 9.97 Å². The standard InChI is InChI=1S/C35H38ClN4O7P/c1-14-11-37-30-22(41)8-20-19(24(14)30)6-7-39(20)32(42)34(5)27-16(3)35(17(4)28(34)29(27)35)33(43)40-13-18(10-36)26-21(40)9-23(47-48(44,45)46)31-25(26)15(2)12-38-31/h8-9,11-12,16-18,27-29,37-38,41H,6-7,10,13H2,1-5H3,(H2,44,45,46)/t16?,17?,18-,27?,28?,29?,34?,35?/m1/s1. The molecule has 4 heterocycles. The normalized spacial score (nSPS) is 32.8. The van der Waals surface area contributed by atoms with Crippen molar-refractivity contribution < 1.29 is 33.6 Å². The lowest BCUT2D eigenvalue weighted by molar-refractivity contribution is -0.393. The summed E-state index contributed by atoms with van der Waals surface area (Å²) in [6, 6.07) is 3.28. The Bertz CT molecular complexity index is 2150. The number of hydrogen-bond donors (Lipinski definition) is 5. The van der Waals surface area contributed by atoms with Gasteiger partial charge >= 0.3 is 7.82 Å². The fraction of sp³-hybridized carbons (Fsp3) is 0.486. The zero-order valence-corrected chi connectivity index (χ0v) is 28.9. The van der Waals surface area contributed by atoms with Crippen LogP contribution in [0.25, 0.3) is 21.8 Å². The Labute approximate surface area is 281 Å². The van der Waals surface area contributed by atoms with E-state index in [-0.39, 0.29) is 64.7 Å². The molecular formula is C35H38ClN4O7P. The third-order valence-electron chi connectivity index (χ3n) is 13.4. The highest BCUT2D eigenvalue weighted by molar-refractivity contribution is 7.46. The first-order valence-corrected chi connectivity index (χ1v) is 18.7. The average molecular weight is 693 g/mol. The number of aromatic hydroxyl groups is 1. The number of nitrogens with zero attached hydrogens (tertiary/aromatic N) is 2. The Hall–Kier alpha value is -3.50. The summed E-state index contributed by atoms with van der Waals surface area (Å²) >= 11 is 6.51. The van der Waals surface area contributed by atoms with Gasteiger partial charge < -0.3 is 29.4 Å². The molecule has 2 aliphatic heterocycles. The van der Waals surface area contributed by atoms with E-state index >= 15 is 0 Å². The summed E-state index contributed by atoms with van der Waals surface area (Å²) in [4.78, 5) is 58.8. The number of fused-ring (bicyclic) bond motifs is 6. The fourth-order valence-corrected chi connectivity index (χ4v) is 12.3. The van der Waals surface area contributed by atoms with Crippen molar-refractivity contribution in [3.8, 4) is 11.5 Å². The van der Waals surface area contributed by atoms with Gasteiger partial charge in [0.05, 0.1) is 33.2 Å². The van der Waals surface area contributed by atoms with Crippen LogP contribution in [-0.4, -0.2) is 55.6 Å². The van der Waals surface area contributed by atoms with Crippen molar-refractivity contribution in [2.24, 2.45) is 40.4 Å². The van der Waals surface area contributed by atoms with Gasteiger partial charge in [0.1, 0.15) is 5.75 Å². The molecule has 0 spiro atoms. The van der Waals surface area contributed by atoms with Gasteiger partial charge in [0.15, 0.2) is 5.75 Å². The summed E-state index contributed by atoms with van der Waals surface area (Å²) in [6.45, 7) is 11.1. The molecule has 0 radical (unpaired) electrons. The van der Waals surface area contributed by atoms with Crippen molar-refractivity contribution >= 4 is 64.4 Å². The minimum Gasteiger partial charge on any atom is -0.506 e. The van der Waals surface area contributed by atoms with E-state index in [4.69, 9.17) is 16.1 Å². The highest BCUT2D eigenvalue weighted by atomic mass is 35.5. The molecule has 5 atom stereocenters. The zero-order valence-electron chi connectivity index (χ0n) is 27.3. The summed E-state index contributed by atoms with van der Waals surface area (Å²) in [5.41, 5.74) is 5.10. The summed E-state index contributed by atoms with van der Waals surface area (Å²) in [5, 5.41) is 12.6. The number of phosphoric ester groups is 1. The number of H-pyrrole nitrogens is 2. The van der Waals surface area contributed by atoms with Gasteiger partial charge in [-0.25, -0.2) is 4.57 Å². The lowest BCUT2D eigenvalue weighted by atomic mass is 9.14. The molecule has 2 amide bonds. The Morgan fingerprint density at radius 3 is 2.25 bits per heavy atom. The number of carbonyl (C=O) groups excluding carboxylic acids is 2. The maximum Gasteiger partial charge on any atom is 0.524 e. The maximum absolute atomic E-state index is 14.9. The smallest absolute Gasteiger partial charge is 0.506 e. The second-order valence-corrected chi connectivity index (χ2v) is 16.5. The summed E-state index contributed by atoms with van der Waals surface area (Å²) in [6.07, 6.45) is 4.37. The number of aryl methyl sites for hydroxylation is 2. The van der Waals surface area contributed by atoms with Crippen LogP contribution in [0.4, 0.5) is 11.4 Å². The van der Waals surface area contributed by atoms with Gasteiger partial charge in [0.25, 0.3) is 0 Å². The molecule has 48 heavy (non-hydrogen) atoms. The maximum atomic E-state index is 14.9. The molecule has 2 aromatic carbocycles. The molecule has 5 N–H and O–H groups in total. The van der Waals surface area contributed by atoms with Crippen LogP contribution in [0.3, 0.4) is 0 Å². The van der Waals surface area contributed by atoms with E-state index in [2.05, 4.69) is 30.7 Å². The number of halogens is 1. The number of aromatic nitrogens is 2. The molecule has 11 nitrogen and oxygen atoms in total. The number of hydrogen-bond acceptors (Lipinski definition) is 5. The number of rotatable bonds is 5. The van der Waals surface area contributed by atoms with Crippen molar-refractivity contribution in [1.29, 1.82) is 0 Å². The van der Waals surface area contributed by atoms with Gasteiger partial charge in [-0.2, -0.15) is 0 Å². The number of benzene rings is 2. The zero-order chi connectivity index (χ0) is 34.0. The van der Waals surface area contributed by atoms with E-state index in [1.54, 1.807) is 23.2 Å². The van der Waals surface area contributed by atoms with E-state index in [9.17, 15) is 29.0 Å². The van der Waals surface area contributed by atoms with Crippen LogP contribution in [0.1, 0.15) is 48.9 Å². The van der Waals surface area contributed by atoms with Crippen molar-refractivity contribution in [3.63, 3.8) is 0 Å². The Balaban J connectivity index is 1.06. The van der Waals surface area contributed by atoms with Crippen molar-refractivity contribution in [2.45, 2.75) is 47.0 Å². The van der Waals surface area contributed by atoms with Crippen LogP contribution < -0.4 is 14.3 Å². The first kappa shape index (κ1) is 30.6. The third-order valence-corrected chi connectivity index (χ3v) is 14.2. The molecule has 3 fully saturated rings. The molecule has 252 valence electrons. The number of amides is 2. The van der Waals surface area contributed by atoms with Gasteiger partial charge in [-0.05, 0) is 72.1 Å². The molecule has 4 aromatic rings. The van der Waals surface area contributed by atoms with E-state index in [1.807, 2.05) is 24.9 Å².